The number of hydrogen-bond donors (Lipinski definition) is 1. The molecule has 0 fully saturated rings. The highest BCUT2D eigenvalue weighted by Gasteiger charge is 2.26. The number of nitrogens with one attached hydrogen (secondary N) is 1. The van der Waals surface area contributed by atoms with Crippen molar-refractivity contribution in [1.82, 2.24) is 10.2 Å². The van der Waals surface area contributed by atoms with Crippen molar-refractivity contribution < 1.29 is 19.1 Å². The molecule has 0 aliphatic carbocycles. The lowest BCUT2D eigenvalue weighted by Gasteiger charge is -2.29. The monoisotopic (exact) mass is 426 g/mol. The van der Waals surface area contributed by atoms with Crippen molar-refractivity contribution in [1.29, 1.82) is 0 Å². The summed E-state index contributed by atoms with van der Waals surface area (Å²) in [4.78, 5) is 27.4. The Morgan fingerprint density at radius 2 is 1.90 bits per heavy atom. The molecule has 2 aromatic carbocycles. The van der Waals surface area contributed by atoms with Crippen molar-refractivity contribution in [2.24, 2.45) is 0 Å². The SMILES string of the molecule is CCCCNC(=O)[C@H](C)N(Cc1cccc(OC)c1)C(=O)COc1cc(C)ccc1C. The van der Waals surface area contributed by atoms with Crippen molar-refractivity contribution in [2.75, 3.05) is 20.3 Å². The number of ether oxygens (including phenoxy) is 2. The number of methoxy groups -OCH3 is 1. The fourth-order valence-electron chi connectivity index (χ4n) is 3.17. The lowest BCUT2D eigenvalue weighted by atomic mass is 10.1. The normalized spacial score (nSPS) is 11.5. The maximum absolute atomic E-state index is 13.1. The van der Waals surface area contributed by atoms with E-state index >= 15 is 0 Å². The Morgan fingerprint density at radius 1 is 1.13 bits per heavy atom. The first kappa shape index (κ1) is 24.3. The minimum atomic E-state index is -0.627. The number of carbonyl (C=O) groups is 2. The predicted molar refractivity (Wildman–Crippen MR) is 122 cm³/mol. The van der Waals surface area contributed by atoms with Crippen LogP contribution in [0.3, 0.4) is 0 Å². The molecule has 6 nitrogen and oxygen atoms in total. The number of hydrogen-bond acceptors (Lipinski definition) is 4. The van der Waals surface area contributed by atoms with Gasteiger partial charge in [-0.2, -0.15) is 0 Å². The van der Waals surface area contributed by atoms with Crippen molar-refractivity contribution in [3.63, 3.8) is 0 Å². The Kier molecular flexibility index (Phi) is 9.38. The van der Waals surface area contributed by atoms with Crippen molar-refractivity contribution in [3.05, 3.63) is 59.2 Å². The summed E-state index contributed by atoms with van der Waals surface area (Å²) in [5.41, 5.74) is 2.90. The number of rotatable bonds is 11. The van der Waals surface area contributed by atoms with Gasteiger partial charge in [-0.3, -0.25) is 9.59 Å². The zero-order valence-corrected chi connectivity index (χ0v) is 19.2. The van der Waals surface area contributed by atoms with Gasteiger partial charge >= 0.3 is 0 Å². The molecule has 0 spiro atoms. The quantitative estimate of drug-likeness (QED) is 0.551. The fourth-order valence-corrected chi connectivity index (χ4v) is 3.17. The van der Waals surface area contributed by atoms with E-state index in [0.717, 1.165) is 29.5 Å². The second-order valence-electron chi connectivity index (χ2n) is 7.75. The minimum absolute atomic E-state index is 0.138. The number of benzene rings is 2. The van der Waals surface area contributed by atoms with Crippen molar-refractivity contribution in [2.45, 2.75) is 53.1 Å². The molecule has 0 saturated carbocycles. The van der Waals surface area contributed by atoms with Crippen LogP contribution in [0.2, 0.25) is 0 Å². The molecule has 31 heavy (non-hydrogen) atoms. The molecule has 1 N–H and O–H groups in total. The summed E-state index contributed by atoms with van der Waals surface area (Å²) in [6.45, 7) is 8.48. The molecule has 0 radical (unpaired) electrons. The molecule has 1 atom stereocenters. The number of amides is 2. The largest absolute Gasteiger partial charge is 0.497 e. The van der Waals surface area contributed by atoms with Gasteiger partial charge in [0.25, 0.3) is 5.91 Å². The molecular formula is C25H34N2O4. The van der Waals surface area contributed by atoms with E-state index in [0.29, 0.717) is 18.0 Å². The first-order valence-electron chi connectivity index (χ1n) is 10.8. The number of nitrogens with zero attached hydrogens (tertiary/aromatic N) is 1. The summed E-state index contributed by atoms with van der Waals surface area (Å²) >= 11 is 0. The molecular weight excluding hydrogens is 392 g/mol. The van der Waals surface area contributed by atoms with Crippen LogP contribution in [0, 0.1) is 13.8 Å². The van der Waals surface area contributed by atoms with Crippen LogP contribution in [-0.4, -0.2) is 43.0 Å². The first-order chi connectivity index (χ1) is 14.8. The van der Waals surface area contributed by atoms with Crippen LogP contribution in [0.15, 0.2) is 42.5 Å². The van der Waals surface area contributed by atoms with E-state index in [4.69, 9.17) is 9.47 Å². The number of carbonyl (C=O) groups excluding carboxylic acids is 2. The maximum Gasteiger partial charge on any atom is 0.261 e. The lowest BCUT2D eigenvalue weighted by molar-refractivity contribution is -0.142. The Bertz CT molecular complexity index is 882. The third-order valence-electron chi connectivity index (χ3n) is 5.18. The minimum Gasteiger partial charge on any atom is -0.497 e. The van der Waals surface area contributed by atoms with Gasteiger partial charge in [0.15, 0.2) is 6.61 Å². The second kappa shape index (κ2) is 12.0. The van der Waals surface area contributed by atoms with Crippen LogP contribution in [0.4, 0.5) is 0 Å². The highest BCUT2D eigenvalue weighted by Crippen LogP contribution is 2.20. The van der Waals surface area contributed by atoms with E-state index in [9.17, 15) is 9.59 Å². The summed E-state index contributed by atoms with van der Waals surface area (Å²) in [5, 5.41) is 2.92. The molecule has 0 aliphatic heterocycles. The maximum atomic E-state index is 13.1. The van der Waals surface area contributed by atoms with Crippen LogP contribution in [0.1, 0.15) is 43.4 Å². The van der Waals surface area contributed by atoms with Gasteiger partial charge in [-0.15, -0.1) is 0 Å². The standard InChI is InChI=1S/C25H34N2O4/c1-6-7-13-26-25(29)20(4)27(16-21-9-8-10-22(15-21)30-5)24(28)17-31-23-14-18(2)11-12-19(23)3/h8-12,14-15,20H,6-7,13,16-17H2,1-5H3,(H,26,29)/t20-/m0/s1. The summed E-state index contributed by atoms with van der Waals surface area (Å²) in [7, 11) is 1.60. The third-order valence-corrected chi connectivity index (χ3v) is 5.18. The van der Waals surface area contributed by atoms with Gasteiger partial charge in [-0.05, 0) is 62.1 Å². The average molecular weight is 427 g/mol. The Hall–Kier alpha value is -3.02. The summed E-state index contributed by atoms with van der Waals surface area (Å²) < 4.78 is 11.1. The van der Waals surface area contributed by atoms with Crippen LogP contribution in [0.25, 0.3) is 0 Å². The topological polar surface area (TPSA) is 67.9 Å². The molecule has 2 amide bonds. The zero-order valence-electron chi connectivity index (χ0n) is 19.2. The van der Waals surface area contributed by atoms with Crippen molar-refractivity contribution in [3.8, 4) is 11.5 Å². The molecule has 0 heterocycles. The fraction of sp³-hybridized carbons (Fsp3) is 0.440. The van der Waals surface area contributed by atoms with Crippen molar-refractivity contribution >= 4 is 11.8 Å². The van der Waals surface area contributed by atoms with E-state index in [-0.39, 0.29) is 25.0 Å². The van der Waals surface area contributed by atoms with Gasteiger partial charge in [0.2, 0.25) is 5.91 Å². The molecule has 6 heteroatoms. The molecule has 2 aromatic rings. The van der Waals surface area contributed by atoms with Gasteiger partial charge in [0, 0.05) is 13.1 Å². The lowest BCUT2D eigenvalue weighted by Crippen LogP contribution is -2.49. The smallest absolute Gasteiger partial charge is 0.261 e. The summed E-state index contributed by atoms with van der Waals surface area (Å²) in [5.74, 6) is 0.963. The van der Waals surface area contributed by atoms with Gasteiger partial charge in [-0.1, -0.05) is 37.6 Å². The molecule has 0 aliphatic rings. The summed E-state index contributed by atoms with van der Waals surface area (Å²) in [6.07, 6.45) is 1.89. The Morgan fingerprint density at radius 3 is 2.61 bits per heavy atom. The molecule has 0 aromatic heterocycles. The number of aryl methyl sites for hydroxylation is 2. The van der Waals surface area contributed by atoms with Gasteiger partial charge in [0.1, 0.15) is 17.5 Å². The molecule has 0 bridgehead atoms. The predicted octanol–water partition coefficient (Wildman–Crippen LogP) is 4.02. The van der Waals surface area contributed by atoms with Gasteiger partial charge in [0.05, 0.1) is 7.11 Å². The van der Waals surface area contributed by atoms with E-state index in [1.54, 1.807) is 18.9 Å². The Balaban J connectivity index is 2.17. The number of unbranched alkanes of at least 4 members (excludes halogenated alkanes) is 1. The van der Waals surface area contributed by atoms with E-state index in [2.05, 4.69) is 12.2 Å². The van der Waals surface area contributed by atoms with Gasteiger partial charge in [-0.25, -0.2) is 0 Å². The third kappa shape index (κ3) is 7.31. The zero-order chi connectivity index (χ0) is 22.8. The Labute approximate surface area is 185 Å². The molecule has 2 rings (SSSR count). The van der Waals surface area contributed by atoms with Crippen LogP contribution >= 0.6 is 0 Å². The highest BCUT2D eigenvalue weighted by molar-refractivity contribution is 5.88. The highest BCUT2D eigenvalue weighted by atomic mass is 16.5. The van der Waals surface area contributed by atoms with E-state index in [1.165, 1.54) is 0 Å². The first-order valence-corrected chi connectivity index (χ1v) is 10.8. The van der Waals surface area contributed by atoms with Gasteiger partial charge < -0.3 is 19.7 Å². The second-order valence-corrected chi connectivity index (χ2v) is 7.75. The van der Waals surface area contributed by atoms with Crippen LogP contribution in [0.5, 0.6) is 11.5 Å². The molecule has 0 unspecified atom stereocenters. The molecule has 168 valence electrons. The van der Waals surface area contributed by atoms with Crippen LogP contribution < -0.4 is 14.8 Å². The van der Waals surface area contributed by atoms with E-state index < -0.39 is 6.04 Å². The average Bonchev–Trinajstić information content (AvgIpc) is 2.77. The van der Waals surface area contributed by atoms with Crippen LogP contribution in [-0.2, 0) is 16.1 Å². The summed E-state index contributed by atoms with van der Waals surface area (Å²) in [6, 6.07) is 12.8. The molecule has 0 saturated heterocycles. The van der Waals surface area contributed by atoms with E-state index in [1.807, 2.05) is 56.3 Å².